The van der Waals surface area contributed by atoms with Crippen LogP contribution in [-0.2, 0) is 23.2 Å². The number of nitrogens with one attached hydrogen (secondary N) is 1. The molecule has 3 aliphatic heterocycles. The van der Waals surface area contributed by atoms with Crippen LogP contribution < -0.4 is 10.2 Å². The average molecular weight is 616 g/mol. The number of fused-ring (bicyclic) bond motifs is 2. The number of amides is 2. The molecule has 2 atom stereocenters. The monoisotopic (exact) mass is 614 g/mol. The lowest BCUT2D eigenvalue weighted by molar-refractivity contribution is -0.120. The highest BCUT2D eigenvalue weighted by Gasteiger charge is 2.41. The molecule has 2 aromatic heterocycles. The number of benzene rings is 1. The number of piperazine rings is 1. The Kier molecular flexibility index (Phi) is 9.57. The summed E-state index contributed by atoms with van der Waals surface area (Å²) in [7, 11) is 0. The van der Waals surface area contributed by atoms with Gasteiger partial charge in [0.15, 0.2) is 0 Å². The van der Waals surface area contributed by atoms with Crippen molar-refractivity contribution in [3.8, 4) is 0 Å². The van der Waals surface area contributed by atoms with Crippen LogP contribution >= 0.6 is 24.8 Å². The molecule has 8 nitrogen and oxygen atoms in total. The van der Waals surface area contributed by atoms with E-state index < -0.39 is 0 Å². The summed E-state index contributed by atoms with van der Waals surface area (Å²) in [5, 5.41) is 3.53. The highest BCUT2D eigenvalue weighted by Crippen LogP contribution is 2.40. The lowest BCUT2D eigenvalue weighted by Crippen LogP contribution is -2.60. The van der Waals surface area contributed by atoms with Crippen molar-refractivity contribution < 1.29 is 14.0 Å². The normalized spacial score (nSPS) is 20.9. The first-order chi connectivity index (χ1) is 19.2. The molecular formula is C31H37Cl2FN6O2. The summed E-state index contributed by atoms with van der Waals surface area (Å²) in [6.07, 6.45) is 5.85. The van der Waals surface area contributed by atoms with Gasteiger partial charge in [-0.25, -0.2) is 4.39 Å². The van der Waals surface area contributed by atoms with E-state index in [0.717, 1.165) is 34.6 Å². The second kappa shape index (κ2) is 12.6. The molecule has 6 rings (SSSR count). The Morgan fingerprint density at radius 1 is 1.12 bits per heavy atom. The molecular weight excluding hydrogens is 578 g/mol. The number of nitrogens with zero attached hydrogens (tertiary/aromatic N) is 5. The van der Waals surface area contributed by atoms with Gasteiger partial charge in [-0.15, -0.1) is 24.8 Å². The molecule has 42 heavy (non-hydrogen) atoms. The number of hydrogen-bond acceptors (Lipinski definition) is 6. The van der Waals surface area contributed by atoms with Gasteiger partial charge < -0.3 is 15.1 Å². The Morgan fingerprint density at radius 2 is 1.88 bits per heavy atom. The van der Waals surface area contributed by atoms with Crippen molar-refractivity contribution in [2.24, 2.45) is 0 Å². The van der Waals surface area contributed by atoms with Crippen LogP contribution in [0.25, 0.3) is 0 Å². The number of anilines is 1. The molecule has 5 heterocycles. The molecule has 0 aliphatic carbocycles. The molecule has 0 radical (unpaired) electrons. The molecule has 0 unspecified atom stereocenters. The second-order valence-corrected chi connectivity index (χ2v) is 12.0. The molecule has 1 N–H and O–H groups in total. The van der Waals surface area contributed by atoms with Crippen molar-refractivity contribution in [2.45, 2.75) is 51.2 Å². The third-order valence-corrected chi connectivity index (χ3v) is 8.32. The quantitative estimate of drug-likeness (QED) is 0.452. The van der Waals surface area contributed by atoms with Crippen LogP contribution in [0, 0.1) is 5.82 Å². The van der Waals surface area contributed by atoms with Crippen LogP contribution in [0.1, 0.15) is 53.5 Å². The second-order valence-electron chi connectivity index (χ2n) is 12.0. The van der Waals surface area contributed by atoms with Gasteiger partial charge in [0.1, 0.15) is 5.82 Å². The average Bonchev–Trinajstić information content (AvgIpc) is 3.39. The fourth-order valence-electron chi connectivity index (χ4n) is 6.20. The smallest absolute Gasteiger partial charge is 0.256 e. The molecule has 3 aliphatic rings. The minimum Gasteiger partial charge on any atom is -0.333 e. The first-order valence-electron chi connectivity index (χ1n) is 13.9. The van der Waals surface area contributed by atoms with Gasteiger partial charge in [-0.1, -0.05) is 26.0 Å². The number of carbonyl (C=O) groups is 2. The van der Waals surface area contributed by atoms with E-state index in [4.69, 9.17) is 4.98 Å². The lowest BCUT2D eigenvalue weighted by atomic mass is 9.91. The summed E-state index contributed by atoms with van der Waals surface area (Å²) in [4.78, 5) is 41.8. The highest BCUT2D eigenvalue weighted by atomic mass is 35.5. The number of hydrogen-bond donors (Lipinski definition) is 1. The molecule has 3 aromatic rings. The summed E-state index contributed by atoms with van der Waals surface area (Å²) >= 11 is 0. The molecule has 0 spiro atoms. The van der Waals surface area contributed by atoms with Crippen molar-refractivity contribution in [2.75, 3.05) is 37.6 Å². The molecule has 1 saturated heterocycles. The number of carbonyl (C=O) groups excluding carboxylic acids is 2. The maximum Gasteiger partial charge on any atom is 0.256 e. The van der Waals surface area contributed by atoms with Gasteiger partial charge in [-0.05, 0) is 54.3 Å². The maximum absolute atomic E-state index is 13.9. The van der Waals surface area contributed by atoms with Gasteiger partial charge in [-0.2, -0.15) is 0 Å². The van der Waals surface area contributed by atoms with Crippen molar-refractivity contribution in [3.05, 3.63) is 88.8 Å². The van der Waals surface area contributed by atoms with Crippen molar-refractivity contribution in [1.29, 1.82) is 0 Å². The Morgan fingerprint density at radius 3 is 2.62 bits per heavy atom. The zero-order valence-electron chi connectivity index (χ0n) is 24.0. The van der Waals surface area contributed by atoms with Gasteiger partial charge in [0.05, 0.1) is 23.5 Å². The van der Waals surface area contributed by atoms with Crippen molar-refractivity contribution in [1.82, 2.24) is 25.1 Å². The molecule has 11 heteroatoms. The molecule has 0 saturated carbocycles. The number of pyridine rings is 2. The number of rotatable bonds is 6. The topological polar surface area (TPSA) is 81.7 Å². The summed E-state index contributed by atoms with van der Waals surface area (Å²) in [5.41, 5.74) is 5.15. The molecule has 224 valence electrons. The predicted molar refractivity (Wildman–Crippen MR) is 165 cm³/mol. The Bertz CT molecular complexity index is 1450. The highest BCUT2D eigenvalue weighted by molar-refractivity contribution is 5.98. The van der Waals surface area contributed by atoms with E-state index in [0.29, 0.717) is 38.2 Å². The van der Waals surface area contributed by atoms with E-state index >= 15 is 0 Å². The molecule has 0 bridgehead atoms. The summed E-state index contributed by atoms with van der Waals surface area (Å²) in [6.45, 7) is 9.74. The van der Waals surface area contributed by atoms with Gasteiger partial charge in [-0.3, -0.25) is 24.5 Å². The van der Waals surface area contributed by atoms with Crippen LogP contribution in [0.2, 0.25) is 0 Å². The standard InChI is InChI=1S/C31H35FN6O2.2ClH/c1-20-15-36(25(13-34-20)17-37-16-23-8-9-33-14-26(23)30(37)40)18-28(39)38-19-31(2,3)29-27(38)11-22(12-35-29)10-21-4-6-24(32)7-5-21;;/h4-9,11-12,14,20,25,34H,10,13,15-19H2,1-3H3;2*1H/t20-,25-;;/m1../s1. The summed E-state index contributed by atoms with van der Waals surface area (Å²) in [6, 6.07) is 10.7. The van der Waals surface area contributed by atoms with E-state index in [2.05, 4.69) is 42.0 Å². The van der Waals surface area contributed by atoms with Crippen LogP contribution in [-0.4, -0.2) is 76.4 Å². The minimum atomic E-state index is -0.267. The van der Waals surface area contributed by atoms with Gasteiger partial charge in [0.2, 0.25) is 5.91 Å². The SMILES string of the molecule is C[C@@H]1CN(CC(=O)N2CC(C)(C)c3ncc(Cc4ccc(F)cc4)cc32)[C@@H](CN2Cc3ccncc3C2=O)CN1.Cl.Cl. The molecule has 2 amide bonds. The van der Waals surface area contributed by atoms with E-state index in [1.54, 1.807) is 24.5 Å². The summed E-state index contributed by atoms with van der Waals surface area (Å²) in [5.74, 6) is -0.222. The minimum absolute atomic E-state index is 0. The van der Waals surface area contributed by atoms with E-state index in [1.807, 2.05) is 22.1 Å². The fraction of sp³-hybridized carbons (Fsp3) is 0.419. The maximum atomic E-state index is 13.9. The largest absolute Gasteiger partial charge is 0.333 e. The lowest BCUT2D eigenvalue weighted by Gasteiger charge is -2.41. The number of halogens is 3. The third-order valence-electron chi connectivity index (χ3n) is 8.32. The Labute approximate surface area is 258 Å². The van der Waals surface area contributed by atoms with Gasteiger partial charge >= 0.3 is 0 Å². The summed E-state index contributed by atoms with van der Waals surface area (Å²) < 4.78 is 13.4. The predicted octanol–water partition coefficient (Wildman–Crippen LogP) is 3.99. The molecule has 1 fully saturated rings. The first kappa shape index (κ1) is 31.8. The van der Waals surface area contributed by atoms with E-state index in [9.17, 15) is 14.0 Å². The third kappa shape index (κ3) is 6.29. The van der Waals surface area contributed by atoms with Crippen LogP contribution in [0.15, 0.2) is 55.0 Å². The van der Waals surface area contributed by atoms with Crippen molar-refractivity contribution in [3.63, 3.8) is 0 Å². The van der Waals surface area contributed by atoms with Gasteiger partial charge in [0.25, 0.3) is 5.91 Å². The van der Waals surface area contributed by atoms with E-state index in [1.165, 1.54) is 12.1 Å². The van der Waals surface area contributed by atoms with E-state index in [-0.39, 0.29) is 66.5 Å². The first-order valence-corrected chi connectivity index (χ1v) is 13.9. The van der Waals surface area contributed by atoms with Crippen LogP contribution in [0.4, 0.5) is 10.1 Å². The Balaban J connectivity index is 0.00000202. The number of aromatic nitrogens is 2. The van der Waals surface area contributed by atoms with Gasteiger partial charge in [0, 0.05) is 68.8 Å². The fourth-order valence-corrected chi connectivity index (χ4v) is 6.20. The Hall–Kier alpha value is -3.11. The zero-order valence-corrected chi connectivity index (χ0v) is 25.7. The molecule has 1 aromatic carbocycles. The van der Waals surface area contributed by atoms with Crippen LogP contribution in [0.3, 0.4) is 0 Å². The zero-order chi connectivity index (χ0) is 28.0. The van der Waals surface area contributed by atoms with Crippen LogP contribution in [0.5, 0.6) is 0 Å². The van der Waals surface area contributed by atoms with Crippen molar-refractivity contribution >= 4 is 42.3 Å².